The van der Waals surface area contributed by atoms with E-state index in [9.17, 15) is 0 Å². The summed E-state index contributed by atoms with van der Waals surface area (Å²) in [7, 11) is 3.47. The molecule has 1 rings (SSSR count). The van der Waals surface area contributed by atoms with Gasteiger partial charge in [-0.2, -0.15) is 0 Å². The van der Waals surface area contributed by atoms with Crippen molar-refractivity contribution in [1.29, 1.82) is 0 Å². The molecule has 0 aliphatic carbocycles. The van der Waals surface area contributed by atoms with Crippen molar-refractivity contribution in [2.45, 2.75) is 0 Å². The van der Waals surface area contributed by atoms with Crippen molar-refractivity contribution < 1.29 is 9.05 Å². The molecule has 1 unspecified atom stereocenters. The van der Waals surface area contributed by atoms with Gasteiger partial charge < -0.3 is 13.9 Å². The van der Waals surface area contributed by atoms with Crippen molar-refractivity contribution in [1.82, 2.24) is 4.90 Å². The second kappa shape index (κ2) is 4.51. The van der Waals surface area contributed by atoms with Crippen molar-refractivity contribution in [3.05, 3.63) is 24.1 Å². The topological polar surface area (TPSA) is 21.7 Å². The van der Waals surface area contributed by atoms with Crippen molar-refractivity contribution in [2.75, 3.05) is 20.7 Å². The molecule has 0 fully saturated rings. The van der Waals surface area contributed by atoms with Crippen LogP contribution in [0.5, 0.6) is 0 Å². The molecule has 6 heteroatoms. The van der Waals surface area contributed by atoms with Crippen molar-refractivity contribution in [3.63, 3.8) is 0 Å². The van der Waals surface area contributed by atoms with Gasteiger partial charge in [-0.1, -0.05) is 12.2 Å². The van der Waals surface area contributed by atoms with Gasteiger partial charge in [0.2, 0.25) is 0 Å². The molecule has 1 heterocycles. The van der Waals surface area contributed by atoms with E-state index in [2.05, 4.69) is 12.2 Å². The lowest BCUT2D eigenvalue weighted by atomic mass is 10.3. The molecule has 0 aromatic carbocycles. The van der Waals surface area contributed by atoms with Crippen molar-refractivity contribution >= 4 is 29.7 Å². The fourth-order valence-electron chi connectivity index (χ4n) is 0.893. The first-order valence-corrected chi connectivity index (χ1v) is 7.48. The number of rotatable bonds is 3. The average molecular weight is 237 g/mol. The van der Waals surface area contributed by atoms with E-state index in [-0.39, 0.29) is 0 Å². The van der Waals surface area contributed by atoms with Crippen LogP contribution in [0.15, 0.2) is 24.1 Å². The molecule has 0 spiro atoms. The summed E-state index contributed by atoms with van der Waals surface area (Å²) < 4.78 is 10.4. The van der Waals surface area contributed by atoms with Gasteiger partial charge in [0.15, 0.2) is 0 Å². The first kappa shape index (κ1) is 11.1. The van der Waals surface area contributed by atoms with Crippen LogP contribution in [0.4, 0.5) is 0 Å². The smallest absolute Gasteiger partial charge is 0.293 e. The molecule has 0 amide bonds. The molecule has 0 aromatic rings. The van der Waals surface area contributed by atoms with Crippen LogP contribution < -0.4 is 0 Å². The van der Waals surface area contributed by atoms with E-state index in [0.29, 0.717) is 6.54 Å². The highest BCUT2D eigenvalue weighted by atomic mass is 32.9. The van der Waals surface area contributed by atoms with Gasteiger partial charge in [0, 0.05) is 14.2 Å². The fraction of sp³-hybridized carbons (Fsp3) is 0.429. The molecule has 13 heavy (non-hydrogen) atoms. The normalized spacial score (nSPS) is 20.8. The van der Waals surface area contributed by atoms with E-state index in [0.717, 1.165) is 5.76 Å². The molecule has 1 aliphatic heterocycles. The van der Waals surface area contributed by atoms with Crippen LogP contribution in [-0.4, -0.2) is 25.6 Å². The standard InChI is InChI=1S/C7H12NO2PS2/c1-8-5-3-4-7(6-8)10-11(12,13)9-2/h3-5H,6H2,1-2H3,(H,12,13). The molecule has 0 aromatic heterocycles. The molecular formula is C7H12NO2PS2. The van der Waals surface area contributed by atoms with E-state index in [1.165, 1.54) is 7.11 Å². The zero-order valence-electron chi connectivity index (χ0n) is 7.51. The lowest BCUT2D eigenvalue weighted by molar-refractivity contribution is 0.324. The first-order valence-electron chi connectivity index (χ1n) is 3.69. The van der Waals surface area contributed by atoms with Gasteiger partial charge in [-0.3, -0.25) is 0 Å². The van der Waals surface area contributed by atoms with Crippen molar-refractivity contribution in [3.8, 4) is 0 Å². The Labute approximate surface area is 88.7 Å². The van der Waals surface area contributed by atoms with Crippen LogP contribution >= 0.6 is 17.9 Å². The highest BCUT2D eigenvalue weighted by molar-refractivity contribution is 8.60. The Morgan fingerprint density at radius 2 is 2.38 bits per heavy atom. The molecule has 0 saturated heterocycles. The Bertz CT molecular complexity index is 290. The van der Waals surface area contributed by atoms with Gasteiger partial charge in [0.1, 0.15) is 5.76 Å². The molecule has 74 valence electrons. The Morgan fingerprint density at radius 3 is 2.92 bits per heavy atom. The fourth-order valence-corrected chi connectivity index (χ4v) is 1.98. The molecule has 1 aliphatic rings. The monoisotopic (exact) mass is 237 g/mol. The molecule has 3 nitrogen and oxygen atoms in total. The van der Waals surface area contributed by atoms with E-state index >= 15 is 0 Å². The summed E-state index contributed by atoms with van der Waals surface area (Å²) in [6.45, 7) is 0.707. The van der Waals surface area contributed by atoms with E-state index in [1.54, 1.807) is 0 Å². The Morgan fingerprint density at radius 1 is 1.69 bits per heavy atom. The van der Waals surface area contributed by atoms with Gasteiger partial charge in [-0.05, 0) is 30.2 Å². The number of nitrogens with zero attached hydrogens (tertiary/aromatic N) is 1. The van der Waals surface area contributed by atoms with Crippen molar-refractivity contribution in [2.24, 2.45) is 0 Å². The number of thiol groups is 1. The molecular weight excluding hydrogens is 225 g/mol. The maximum Gasteiger partial charge on any atom is 0.293 e. The first-order chi connectivity index (χ1) is 6.03. The van der Waals surface area contributed by atoms with Crippen LogP contribution in [-0.2, 0) is 20.9 Å². The summed E-state index contributed by atoms with van der Waals surface area (Å²) in [5, 5.41) is 0. The minimum atomic E-state index is -2.37. The number of likely N-dealkylation sites (N-methyl/N-ethyl adjacent to an activating group) is 1. The van der Waals surface area contributed by atoms with Crippen LogP contribution in [0.25, 0.3) is 0 Å². The maximum atomic E-state index is 5.43. The molecule has 1 atom stereocenters. The van der Waals surface area contributed by atoms with Gasteiger partial charge in [0.25, 0.3) is 5.69 Å². The average Bonchev–Trinajstić information content (AvgIpc) is 2.03. The maximum absolute atomic E-state index is 5.43. The molecule has 0 radical (unpaired) electrons. The predicted octanol–water partition coefficient (Wildman–Crippen LogP) is 2.15. The van der Waals surface area contributed by atoms with Crippen LogP contribution in [0.1, 0.15) is 0 Å². The summed E-state index contributed by atoms with van der Waals surface area (Å²) in [5.74, 6) is 0.796. The Hall–Kier alpha value is 0.0400. The Kier molecular flexibility index (Phi) is 3.86. The van der Waals surface area contributed by atoms with Gasteiger partial charge >= 0.3 is 0 Å². The van der Waals surface area contributed by atoms with E-state index in [1.807, 2.05) is 30.3 Å². The summed E-state index contributed by atoms with van der Waals surface area (Å²) >= 11 is 9.14. The van der Waals surface area contributed by atoms with Gasteiger partial charge in [0.05, 0.1) is 6.54 Å². The van der Waals surface area contributed by atoms with Crippen LogP contribution in [0.3, 0.4) is 0 Å². The van der Waals surface area contributed by atoms with E-state index < -0.39 is 5.69 Å². The summed E-state index contributed by atoms with van der Waals surface area (Å²) in [6.07, 6.45) is 5.73. The van der Waals surface area contributed by atoms with Gasteiger partial charge in [-0.25, -0.2) is 0 Å². The van der Waals surface area contributed by atoms with Gasteiger partial charge in [-0.15, -0.1) is 0 Å². The third kappa shape index (κ3) is 3.73. The second-order valence-corrected chi connectivity index (χ2v) is 7.95. The Balaban J connectivity index is 2.60. The minimum absolute atomic E-state index is 0.707. The predicted molar refractivity (Wildman–Crippen MR) is 61.2 cm³/mol. The number of hydrogen-bond donors (Lipinski definition) is 1. The molecule has 0 saturated carbocycles. The number of hydrogen-bond acceptors (Lipinski definition) is 4. The van der Waals surface area contributed by atoms with E-state index in [4.69, 9.17) is 20.9 Å². The zero-order chi connectivity index (χ0) is 9.90. The van der Waals surface area contributed by atoms with Crippen LogP contribution in [0.2, 0.25) is 0 Å². The zero-order valence-corrected chi connectivity index (χ0v) is 10.1. The summed E-state index contributed by atoms with van der Waals surface area (Å²) in [5.41, 5.74) is -2.37. The summed E-state index contributed by atoms with van der Waals surface area (Å²) in [6, 6.07) is 0. The summed E-state index contributed by atoms with van der Waals surface area (Å²) in [4.78, 5) is 1.99. The lowest BCUT2D eigenvalue weighted by Crippen LogP contribution is -2.17. The molecule has 0 bridgehead atoms. The highest BCUT2D eigenvalue weighted by Gasteiger charge is 2.15. The van der Waals surface area contributed by atoms with Crippen LogP contribution in [0, 0.1) is 0 Å². The SMILES string of the molecule is COP(=S)(S)OC1=CC=CN(C)C1. The second-order valence-electron chi connectivity index (χ2n) is 2.63. The third-order valence-corrected chi connectivity index (χ3v) is 3.82. The molecule has 0 N–H and O–H groups in total. The quantitative estimate of drug-likeness (QED) is 0.599. The highest BCUT2D eigenvalue weighted by Crippen LogP contribution is 2.54. The number of allylic oxidation sites excluding steroid dienone is 2. The minimum Gasteiger partial charge on any atom is -0.439 e. The third-order valence-electron chi connectivity index (χ3n) is 1.49. The lowest BCUT2D eigenvalue weighted by Gasteiger charge is -2.23. The largest absolute Gasteiger partial charge is 0.439 e.